The van der Waals surface area contributed by atoms with Crippen LogP contribution in [0.2, 0.25) is 0 Å². The van der Waals surface area contributed by atoms with E-state index >= 15 is 0 Å². The second-order valence-electron chi connectivity index (χ2n) is 14.6. The average Bonchev–Trinajstić information content (AvgIpc) is 3.29. The molecule has 13 nitrogen and oxygen atoms in total. The molecule has 65 heavy (non-hydrogen) atoms. The summed E-state index contributed by atoms with van der Waals surface area (Å²) in [6, 6.07) is 39.9. The molecule has 0 aliphatic carbocycles. The Morgan fingerprint density at radius 3 is 0.815 bits per heavy atom. The molecule has 2 aliphatic rings. The lowest BCUT2D eigenvalue weighted by Gasteiger charge is -2.28. The highest BCUT2D eigenvalue weighted by Gasteiger charge is 2.40. The Labute approximate surface area is 362 Å². The van der Waals surface area contributed by atoms with Crippen molar-refractivity contribution in [1.29, 1.82) is 0 Å². The fraction of sp³-hybridized carbons (Fsp3) is 0.0400. The summed E-state index contributed by atoms with van der Waals surface area (Å²) in [5.41, 5.74) is -0.805. The molecule has 6 heterocycles. The molecule has 2 aliphatic heterocycles. The van der Waals surface area contributed by atoms with Crippen molar-refractivity contribution >= 4 is 43.9 Å². The SMILES string of the molecule is O.O.O.O=c1oc2ccccc2c2c1C(c1ccccc1F)c1c(c3ccccc3oc1=O)O2.O=c1oc2ccccc2c2c1C(c1ccccc1F)c1c(c3ccccc3oc1=O)O2. The molecule has 0 spiro atoms. The van der Waals surface area contributed by atoms with Crippen LogP contribution in [0.3, 0.4) is 0 Å². The molecule has 12 rings (SSSR count). The van der Waals surface area contributed by atoms with E-state index in [-0.39, 0.29) is 72.8 Å². The van der Waals surface area contributed by atoms with Crippen LogP contribution >= 0.6 is 0 Å². The molecule has 0 atom stereocenters. The van der Waals surface area contributed by atoms with Crippen LogP contribution in [0.1, 0.15) is 45.2 Å². The predicted octanol–water partition coefficient (Wildman–Crippen LogP) is 8.17. The predicted molar refractivity (Wildman–Crippen MR) is 236 cm³/mol. The minimum absolute atomic E-state index is 0. The van der Waals surface area contributed by atoms with Crippen LogP contribution in [-0.2, 0) is 0 Å². The van der Waals surface area contributed by atoms with Crippen LogP contribution < -0.4 is 32.0 Å². The molecule has 4 aromatic heterocycles. The van der Waals surface area contributed by atoms with Gasteiger partial charge in [0.1, 0.15) is 57.0 Å². The van der Waals surface area contributed by atoms with Gasteiger partial charge in [-0.2, -0.15) is 0 Å². The minimum Gasteiger partial charge on any atom is -0.455 e. The zero-order chi connectivity index (χ0) is 42.2. The molecule has 0 saturated heterocycles. The van der Waals surface area contributed by atoms with Crippen molar-refractivity contribution in [2.45, 2.75) is 11.8 Å². The fourth-order valence-electron chi connectivity index (χ4n) is 8.51. The van der Waals surface area contributed by atoms with Gasteiger partial charge in [0.15, 0.2) is 0 Å². The lowest BCUT2D eigenvalue weighted by molar-refractivity contribution is 0.426. The van der Waals surface area contributed by atoms with Gasteiger partial charge in [-0.3, -0.25) is 0 Å². The van der Waals surface area contributed by atoms with E-state index in [0.29, 0.717) is 43.9 Å². The summed E-state index contributed by atoms with van der Waals surface area (Å²) in [6.45, 7) is 0. The van der Waals surface area contributed by atoms with Crippen LogP contribution in [0.25, 0.3) is 43.9 Å². The molecule has 10 aromatic rings. The van der Waals surface area contributed by atoms with E-state index in [0.717, 1.165) is 0 Å². The van der Waals surface area contributed by atoms with E-state index in [4.69, 9.17) is 27.1 Å². The van der Waals surface area contributed by atoms with Crippen molar-refractivity contribution < 1.29 is 52.4 Å². The van der Waals surface area contributed by atoms with E-state index in [2.05, 4.69) is 0 Å². The molecular formula is C50H32F2O13. The third kappa shape index (κ3) is 6.74. The smallest absolute Gasteiger partial charge is 0.344 e. The third-order valence-electron chi connectivity index (χ3n) is 11.2. The zero-order valence-electron chi connectivity index (χ0n) is 33.3. The van der Waals surface area contributed by atoms with E-state index in [9.17, 15) is 28.0 Å². The van der Waals surface area contributed by atoms with Crippen LogP contribution in [-0.4, -0.2) is 16.4 Å². The summed E-state index contributed by atoms with van der Waals surface area (Å²) in [5.74, 6) is -2.17. The quantitative estimate of drug-likeness (QED) is 0.151. The lowest BCUT2D eigenvalue weighted by Crippen LogP contribution is -2.26. The molecule has 6 aromatic carbocycles. The standard InChI is InChI=1S/2C25H13FO5.3H2O/c2*26-16-10-4-1-7-13(16)19-20-22(14-8-2-5-11-17(14)29-24(20)27)31-23-15-9-3-6-12-18(15)30-25(28)21(19)23;;;/h2*1-12,19H;3*1H2. The minimum atomic E-state index is -1.04. The Hall–Kier alpha value is -8.50. The summed E-state index contributed by atoms with van der Waals surface area (Å²) >= 11 is 0. The van der Waals surface area contributed by atoms with Crippen molar-refractivity contribution in [3.63, 3.8) is 0 Å². The largest absolute Gasteiger partial charge is 0.455 e. The van der Waals surface area contributed by atoms with E-state index < -0.39 is 46.0 Å². The van der Waals surface area contributed by atoms with Gasteiger partial charge in [0.05, 0.1) is 55.6 Å². The summed E-state index contributed by atoms with van der Waals surface area (Å²) < 4.78 is 64.3. The summed E-state index contributed by atoms with van der Waals surface area (Å²) in [7, 11) is 0. The fourth-order valence-corrected chi connectivity index (χ4v) is 8.51. The molecule has 15 heteroatoms. The van der Waals surface area contributed by atoms with Crippen LogP contribution in [0, 0.1) is 11.6 Å². The molecule has 0 amide bonds. The number of hydrogen-bond acceptors (Lipinski definition) is 10. The number of fused-ring (bicyclic) bond motifs is 12. The monoisotopic (exact) mass is 878 g/mol. The van der Waals surface area contributed by atoms with Crippen LogP contribution in [0.15, 0.2) is 182 Å². The maximum Gasteiger partial charge on any atom is 0.344 e. The topological polar surface area (TPSA) is 234 Å². The van der Waals surface area contributed by atoms with E-state index in [1.807, 2.05) is 0 Å². The lowest BCUT2D eigenvalue weighted by atomic mass is 9.83. The van der Waals surface area contributed by atoms with Crippen molar-refractivity contribution in [1.82, 2.24) is 0 Å². The average molecular weight is 879 g/mol. The molecule has 0 unspecified atom stereocenters. The van der Waals surface area contributed by atoms with Crippen LogP contribution in [0.5, 0.6) is 23.0 Å². The Morgan fingerprint density at radius 1 is 0.323 bits per heavy atom. The zero-order valence-corrected chi connectivity index (χ0v) is 33.3. The second-order valence-corrected chi connectivity index (χ2v) is 14.6. The first kappa shape index (κ1) is 43.2. The van der Waals surface area contributed by atoms with Gasteiger partial charge in [0, 0.05) is 11.1 Å². The van der Waals surface area contributed by atoms with E-state index in [1.165, 1.54) is 12.1 Å². The highest BCUT2D eigenvalue weighted by Crippen LogP contribution is 2.51. The highest BCUT2D eigenvalue weighted by atomic mass is 19.1. The van der Waals surface area contributed by atoms with E-state index in [1.54, 1.807) is 133 Å². The van der Waals surface area contributed by atoms with Gasteiger partial charge in [-0.1, -0.05) is 84.9 Å². The van der Waals surface area contributed by atoms with Crippen LogP contribution in [0.4, 0.5) is 8.78 Å². The Balaban J connectivity index is 0.000000169. The molecular weight excluding hydrogens is 847 g/mol. The molecule has 0 radical (unpaired) electrons. The second kappa shape index (κ2) is 16.7. The molecule has 0 fully saturated rings. The maximum absolute atomic E-state index is 14.9. The summed E-state index contributed by atoms with van der Waals surface area (Å²) in [5, 5.41) is 2.23. The summed E-state index contributed by atoms with van der Waals surface area (Å²) in [6.07, 6.45) is 0. The molecule has 324 valence electrons. The van der Waals surface area contributed by atoms with Gasteiger partial charge in [0.25, 0.3) is 0 Å². The third-order valence-corrected chi connectivity index (χ3v) is 11.2. The number of rotatable bonds is 2. The van der Waals surface area contributed by atoms with Gasteiger partial charge in [0.2, 0.25) is 0 Å². The summed E-state index contributed by atoms with van der Waals surface area (Å²) in [4.78, 5) is 52.2. The van der Waals surface area contributed by atoms with Gasteiger partial charge in [-0.15, -0.1) is 0 Å². The Bertz CT molecular complexity index is 3310. The normalized spacial score (nSPS) is 12.5. The van der Waals surface area contributed by atoms with Gasteiger partial charge in [-0.25, -0.2) is 28.0 Å². The molecule has 0 saturated carbocycles. The maximum atomic E-state index is 14.9. The Kier molecular flexibility index (Phi) is 11.1. The van der Waals surface area contributed by atoms with Crippen molar-refractivity contribution in [3.05, 3.63) is 232 Å². The number of halogens is 2. The van der Waals surface area contributed by atoms with Crippen molar-refractivity contribution in [2.75, 3.05) is 0 Å². The molecule has 6 N–H and O–H groups in total. The molecule has 0 bridgehead atoms. The first-order valence-electron chi connectivity index (χ1n) is 19.3. The number of para-hydroxylation sites is 4. The van der Waals surface area contributed by atoms with Gasteiger partial charge >= 0.3 is 22.5 Å². The number of ether oxygens (including phenoxy) is 2. The van der Waals surface area contributed by atoms with Gasteiger partial charge < -0.3 is 43.6 Å². The highest BCUT2D eigenvalue weighted by molar-refractivity contribution is 5.92. The van der Waals surface area contributed by atoms with Crippen molar-refractivity contribution in [2.24, 2.45) is 0 Å². The van der Waals surface area contributed by atoms with Gasteiger partial charge in [-0.05, 0) is 60.7 Å². The van der Waals surface area contributed by atoms with Crippen molar-refractivity contribution in [3.8, 4) is 23.0 Å². The number of hydrogen-bond donors (Lipinski definition) is 0. The first-order chi connectivity index (χ1) is 30.3. The number of benzene rings is 6. The first-order valence-corrected chi connectivity index (χ1v) is 19.3. The Morgan fingerprint density at radius 2 is 0.554 bits per heavy atom.